The van der Waals surface area contributed by atoms with E-state index in [-0.39, 0.29) is 5.76 Å². The van der Waals surface area contributed by atoms with Gasteiger partial charge >= 0.3 is 5.76 Å². The number of halogens is 1. The van der Waals surface area contributed by atoms with E-state index in [4.69, 9.17) is 4.42 Å². The van der Waals surface area contributed by atoms with Gasteiger partial charge in [-0.3, -0.25) is 4.57 Å². The average Bonchev–Trinajstić information content (AvgIpc) is 2.65. The van der Waals surface area contributed by atoms with Gasteiger partial charge in [-0.1, -0.05) is 29.3 Å². The fourth-order valence-corrected chi connectivity index (χ4v) is 2.47. The van der Waals surface area contributed by atoms with Gasteiger partial charge in [0.25, 0.3) is 0 Å². The Hall–Kier alpha value is -1.10. The van der Waals surface area contributed by atoms with Crippen LogP contribution in [0.2, 0.25) is 0 Å². The molecule has 0 spiro atoms. The summed E-state index contributed by atoms with van der Waals surface area (Å²) in [6, 6.07) is 3.53. The highest BCUT2D eigenvalue weighted by Gasteiger charge is 2.14. The number of hydrogen-bond donors (Lipinski definition) is 0. The normalized spacial score (nSPS) is 13.1. The van der Waals surface area contributed by atoms with E-state index in [9.17, 15) is 4.79 Å². The SMILES string of the molecule is CCCC(CBr)Cn1c(=O)oc2cccnc21. The van der Waals surface area contributed by atoms with Crippen LogP contribution in [-0.2, 0) is 6.54 Å². The predicted octanol–water partition coefficient (Wildman–Crippen LogP) is 2.80. The Morgan fingerprint density at radius 1 is 1.59 bits per heavy atom. The van der Waals surface area contributed by atoms with Crippen LogP contribution in [0.5, 0.6) is 0 Å². The van der Waals surface area contributed by atoms with Gasteiger partial charge in [0.2, 0.25) is 0 Å². The number of oxazole rings is 1. The molecular weight excluding hydrogens is 284 g/mol. The Kier molecular flexibility index (Phi) is 3.99. The lowest BCUT2D eigenvalue weighted by Gasteiger charge is -2.12. The summed E-state index contributed by atoms with van der Waals surface area (Å²) in [6.45, 7) is 2.80. The van der Waals surface area contributed by atoms with Crippen molar-refractivity contribution in [2.75, 3.05) is 5.33 Å². The van der Waals surface area contributed by atoms with Crippen molar-refractivity contribution in [2.24, 2.45) is 5.92 Å². The number of aromatic nitrogens is 2. The Labute approximate surface area is 108 Å². The van der Waals surface area contributed by atoms with E-state index in [1.807, 2.05) is 0 Å². The summed E-state index contributed by atoms with van der Waals surface area (Å²) in [6.07, 6.45) is 3.86. The number of fused-ring (bicyclic) bond motifs is 1. The third-order valence-electron chi connectivity index (χ3n) is 2.78. The minimum atomic E-state index is -0.319. The summed E-state index contributed by atoms with van der Waals surface area (Å²) in [4.78, 5) is 15.9. The molecule has 2 aromatic rings. The summed E-state index contributed by atoms with van der Waals surface area (Å²) in [5.74, 6) is 0.112. The van der Waals surface area contributed by atoms with Gasteiger partial charge in [-0.15, -0.1) is 0 Å². The first-order valence-electron chi connectivity index (χ1n) is 5.76. The molecule has 0 fully saturated rings. The number of rotatable bonds is 5. The lowest BCUT2D eigenvalue weighted by Crippen LogP contribution is -2.21. The highest BCUT2D eigenvalue weighted by atomic mass is 79.9. The molecule has 0 N–H and O–H groups in total. The van der Waals surface area contributed by atoms with Crippen LogP contribution in [0.4, 0.5) is 0 Å². The molecule has 2 rings (SSSR count). The van der Waals surface area contributed by atoms with Gasteiger partial charge in [-0.05, 0) is 24.5 Å². The standard InChI is InChI=1S/C12H15BrN2O2/c1-2-4-9(7-13)8-15-11-10(17-12(15)16)5-3-6-14-11/h3,5-6,9H,2,4,7-8H2,1H3. The third kappa shape index (κ3) is 2.60. The van der Waals surface area contributed by atoms with Gasteiger partial charge < -0.3 is 4.42 Å². The van der Waals surface area contributed by atoms with Gasteiger partial charge in [0, 0.05) is 18.1 Å². The minimum absolute atomic E-state index is 0.319. The Morgan fingerprint density at radius 2 is 2.41 bits per heavy atom. The molecule has 1 atom stereocenters. The van der Waals surface area contributed by atoms with Gasteiger partial charge in [-0.2, -0.15) is 0 Å². The predicted molar refractivity (Wildman–Crippen MR) is 70.5 cm³/mol. The van der Waals surface area contributed by atoms with E-state index in [0.29, 0.717) is 23.7 Å². The number of nitrogens with zero attached hydrogens (tertiary/aromatic N) is 2. The van der Waals surface area contributed by atoms with Crippen molar-refractivity contribution in [3.05, 3.63) is 28.9 Å². The maximum absolute atomic E-state index is 11.7. The topological polar surface area (TPSA) is 48.0 Å². The third-order valence-corrected chi connectivity index (χ3v) is 3.70. The molecule has 0 amide bonds. The van der Waals surface area contributed by atoms with Crippen molar-refractivity contribution < 1.29 is 4.42 Å². The second-order valence-corrected chi connectivity index (χ2v) is 4.76. The lowest BCUT2D eigenvalue weighted by molar-refractivity contribution is 0.422. The van der Waals surface area contributed by atoms with Crippen LogP contribution < -0.4 is 5.76 Å². The Morgan fingerprint density at radius 3 is 3.12 bits per heavy atom. The highest BCUT2D eigenvalue weighted by Crippen LogP contribution is 2.15. The zero-order chi connectivity index (χ0) is 12.3. The van der Waals surface area contributed by atoms with E-state index >= 15 is 0 Å². The van der Waals surface area contributed by atoms with Crippen molar-refractivity contribution in [3.63, 3.8) is 0 Å². The zero-order valence-corrected chi connectivity index (χ0v) is 11.3. The van der Waals surface area contributed by atoms with Crippen LogP contribution in [0, 0.1) is 5.92 Å². The quantitative estimate of drug-likeness (QED) is 0.798. The van der Waals surface area contributed by atoms with Gasteiger partial charge in [-0.25, -0.2) is 9.78 Å². The van der Waals surface area contributed by atoms with Crippen molar-refractivity contribution >= 4 is 27.2 Å². The lowest BCUT2D eigenvalue weighted by atomic mass is 10.1. The smallest absolute Gasteiger partial charge is 0.406 e. The molecule has 4 nitrogen and oxygen atoms in total. The molecule has 0 aliphatic heterocycles. The molecule has 0 radical (unpaired) electrons. The van der Waals surface area contributed by atoms with Crippen LogP contribution in [0.15, 0.2) is 27.5 Å². The molecule has 0 bridgehead atoms. The number of hydrogen-bond acceptors (Lipinski definition) is 3. The van der Waals surface area contributed by atoms with Gasteiger partial charge in [0.1, 0.15) is 0 Å². The summed E-state index contributed by atoms with van der Waals surface area (Å²) < 4.78 is 6.77. The number of pyridine rings is 1. The van der Waals surface area contributed by atoms with Gasteiger partial charge in [0.05, 0.1) is 0 Å². The van der Waals surface area contributed by atoms with Crippen molar-refractivity contribution in [1.29, 1.82) is 0 Å². The maximum Gasteiger partial charge on any atom is 0.421 e. The first-order valence-corrected chi connectivity index (χ1v) is 6.88. The molecule has 0 aliphatic rings. The molecule has 0 aromatic carbocycles. The number of alkyl halides is 1. The molecule has 92 valence electrons. The summed E-state index contributed by atoms with van der Waals surface area (Å²) >= 11 is 3.48. The Bertz CT molecular complexity index is 547. The fourth-order valence-electron chi connectivity index (χ4n) is 1.94. The van der Waals surface area contributed by atoms with E-state index in [1.165, 1.54) is 0 Å². The summed E-state index contributed by atoms with van der Waals surface area (Å²) in [7, 11) is 0. The van der Waals surface area contributed by atoms with Crippen LogP contribution in [0.3, 0.4) is 0 Å². The van der Waals surface area contributed by atoms with Crippen molar-refractivity contribution in [1.82, 2.24) is 9.55 Å². The minimum Gasteiger partial charge on any atom is -0.406 e. The van der Waals surface area contributed by atoms with E-state index in [0.717, 1.165) is 18.2 Å². The largest absolute Gasteiger partial charge is 0.421 e. The molecule has 5 heteroatoms. The monoisotopic (exact) mass is 298 g/mol. The van der Waals surface area contributed by atoms with Crippen LogP contribution in [0.1, 0.15) is 19.8 Å². The first-order chi connectivity index (χ1) is 8.26. The second-order valence-electron chi connectivity index (χ2n) is 4.11. The zero-order valence-electron chi connectivity index (χ0n) is 9.73. The molecule has 0 aliphatic carbocycles. The molecular formula is C12H15BrN2O2. The molecule has 0 saturated carbocycles. The van der Waals surface area contributed by atoms with E-state index in [2.05, 4.69) is 27.8 Å². The maximum atomic E-state index is 11.7. The summed E-state index contributed by atoms with van der Waals surface area (Å²) in [5.41, 5.74) is 1.20. The summed E-state index contributed by atoms with van der Waals surface area (Å²) in [5, 5.41) is 0.882. The average molecular weight is 299 g/mol. The van der Waals surface area contributed by atoms with Crippen molar-refractivity contribution in [2.45, 2.75) is 26.3 Å². The van der Waals surface area contributed by atoms with Crippen LogP contribution >= 0.6 is 15.9 Å². The van der Waals surface area contributed by atoms with Crippen LogP contribution in [-0.4, -0.2) is 14.9 Å². The molecule has 17 heavy (non-hydrogen) atoms. The molecule has 2 aromatic heterocycles. The fraction of sp³-hybridized carbons (Fsp3) is 0.500. The first kappa shape index (κ1) is 12.4. The van der Waals surface area contributed by atoms with Gasteiger partial charge in [0.15, 0.2) is 11.2 Å². The van der Waals surface area contributed by atoms with Crippen molar-refractivity contribution in [3.8, 4) is 0 Å². The van der Waals surface area contributed by atoms with E-state index in [1.54, 1.807) is 22.9 Å². The second kappa shape index (κ2) is 5.49. The van der Waals surface area contributed by atoms with Crippen LogP contribution in [0.25, 0.3) is 11.2 Å². The molecule has 0 saturated heterocycles. The highest BCUT2D eigenvalue weighted by molar-refractivity contribution is 9.09. The van der Waals surface area contributed by atoms with E-state index < -0.39 is 0 Å². The molecule has 2 heterocycles. The molecule has 1 unspecified atom stereocenters. The Balaban J connectivity index is 2.34.